The van der Waals surface area contributed by atoms with Crippen LogP contribution in [0, 0.1) is 0 Å². The normalized spacial score (nSPS) is 18.8. The van der Waals surface area contributed by atoms with Gasteiger partial charge in [-0.3, -0.25) is 4.79 Å². The molecule has 0 radical (unpaired) electrons. The molecule has 1 atom stereocenters. The van der Waals surface area contributed by atoms with E-state index in [9.17, 15) is 9.59 Å². The van der Waals surface area contributed by atoms with Crippen molar-refractivity contribution in [3.8, 4) is 0 Å². The van der Waals surface area contributed by atoms with Crippen LogP contribution in [-0.2, 0) is 9.53 Å². The fourth-order valence-corrected chi connectivity index (χ4v) is 1.72. The van der Waals surface area contributed by atoms with E-state index in [0.717, 1.165) is 0 Å². The van der Waals surface area contributed by atoms with E-state index in [4.69, 9.17) is 4.74 Å². The number of rotatable bonds is 4. The van der Waals surface area contributed by atoms with E-state index in [-0.39, 0.29) is 17.9 Å². The van der Waals surface area contributed by atoms with E-state index in [1.807, 2.05) is 20.8 Å². The minimum atomic E-state index is -0.532. The first kappa shape index (κ1) is 14.5. The summed E-state index contributed by atoms with van der Waals surface area (Å²) in [6, 6.07) is -0.188. The predicted octanol–water partition coefficient (Wildman–Crippen LogP) is 2.70. The van der Waals surface area contributed by atoms with Gasteiger partial charge in [0.15, 0.2) is 5.78 Å². The number of hydrogen-bond acceptors (Lipinski definition) is 3. The first-order chi connectivity index (χ1) is 8.33. The number of carbonyl (C=O) groups is 2. The smallest absolute Gasteiger partial charge is 0.410 e. The second-order valence-electron chi connectivity index (χ2n) is 5.35. The molecule has 0 saturated heterocycles. The molecule has 0 fully saturated rings. The summed E-state index contributed by atoms with van der Waals surface area (Å²) in [5.74, 6) is 0.0483. The lowest BCUT2D eigenvalue weighted by molar-refractivity contribution is -0.114. The van der Waals surface area contributed by atoms with E-state index in [1.54, 1.807) is 17.1 Å². The van der Waals surface area contributed by atoms with E-state index >= 15 is 0 Å². The Morgan fingerprint density at radius 3 is 2.72 bits per heavy atom. The van der Waals surface area contributed by atoms with Crippen LogP contribution in [0.2, 0.25) is 0 Å². The standard InChI is InChI=1S/C14H21NO3/c1-5-6-9-15(11-7-8-12(16)10-11)13(17)18-14(2,3)4/h5,7-8,11H,1,6,9-10H2,2-4H3/t11-/m0/s1. The molecule has 1 aliphatic carbocycles. The maximum Gasteiger partial charge on any atom is 0.410 e. The van der Waals surface area contributed by atoms with Gasteiger partial charge in [0.1, 0.15) is 5.60 Å². The van der Waals surface area contributed by atoms with Gasteiger partial charge in [-0.25, -0.2) is 4.79 Å². The molecule has 4 nitrogen and oxygen atoms in total. The number of hydrogen-bond donors (Lipinski definition) is 0. The molecule has 4 heteroatoms. The Bertz CT molecular complexity index is 366. The highest BCUT2D eigenvalue weighted by Gasteiger charge is 2.29. The monoisotopic (exact) mass is 251 g/mol. The molecule has 0 unspecified atom stereocenters. The predicted molar refractivity (Wildman–Crippen MR) is 70.3 cm³/mol. The fourth-order valence-electron chi connectivity index (χ4n) is 1.72. The summed E-state index contributed by atoms with van der Waals surface area (Å²) in [4.78, 5) is 24.9. The highest BCUT2D eigenvalue weighted by atomic mass is 16.6. The molecule has 0 aromatic heterocycles. The summed E-state index contributed by atoms with van der Waals surface area (Å²) in [5, 5.41) is 0. The van der Waals surface area contributed by atoms with Crippen LogP contribution in [-0.4, -0.2) is 35.0 Å². The second kappa shape index (κ2) is 5.85. The molecule has 0 aromatic rings. The van der Waals surface area contributed by atoms with Crippen LogP contribution < -0.4 is 0 Å². The molecule has 1 rings (SSSR count). The summed E-state index contributed by atoms with van der Waals surface area (Å²) >= 11 is 0. The van der Waals surface area contributed by atoms with E-state index in [0.29, 0.717) is 19.4 Å². The first-order valence-corrected chi connectivity index (χ1v) is 6.15. The fraction of sp³-hybridized carbons (Fsp3) is 0.571. The second-order valence-corrected chi connectivity index (χ2v) is 5.35. The van der Waals surface area contributed by atoms with Crippen molar-refractivity contribution in [2.45, 2.75) is 45.3 Å². The van der Waals surface area contributed by atoms with Crippen molar-refractivity contribution in [1.82, 2.24) is 4.90 Å². The molecule has 1 aliphatic rings. The zero-order valence-corrected chi connectivity index (χ0v) is 11.3. The molecule has 100 valence electrons. The maximum absolute atomic E-state index is 12.1. The minimum Gasteiger partial charge on any atom is -0.444 e. The zero-order chi connectivity index (χ0) is 13.8. The van der Waals surface area contributed by atoms with E-state index in [1.165, 1.54) is 6.08 Å². The number of nitrogens with zero attached hydrogens (tertiary/aromatic N) is 1. The van der Waals surface area contributed by atoms with Crippen LogP contribution in [0.4, 0.5) is 4.79 Å². The molecule has 0 aromatic carbocycles. The molecule has 0 N–H and O–H groups in total. The van der Waals surface area contributed by atoms with Gasteiger partial charge in [-0.2, -0.15) is 0 Å². The van der Waals surface area contributed by atoms with Crippen LogP contribution in [0.5, 0.6) is 0 Å². The lowest BCUT2D eigenvalue weighted by atomic mass is 10.2. The Morgan fingerprint density at radius 2 is 2.28 bits per heavy atom. The number of amides is 1. The van der Waals surface area contributed by atoms with Crippen LogP contribution in [0.1, 0.15) is 33.6 Å². The molecule has 0 spiro atoms. The minimum absolute atomic E-state index is 0.0483. The molecule has 0 saturated carbocycles. The quantitative estimate of drug-likeness (QED) is 0.722. The van der Waals surface area contributed by atoms with Gasteiger partial charge in [0, 0.05) is 13.0 Å². The van der Waals surface area contributed by atoms with Crippen LogP contribution in [0.15, 0.2) is 24.8 Å². The molecule has 1 amide bonds. The van der Waals surface area contributed by atoms with Gasteiger partial charge in [0.25, 0.3) is 0 Å². The molecule has 0 aliphatic heterocycles. The summed E-state index contributed by atoms with van der Waals surface area (Å²) in [5.41, 5.74) is -0.532. The molecule has 18 heavy (non-hydrogen) atoms. The largest absolute Gasteiger partial charge is 0.444 e. The van der Waals surface area contributed by atoms with Crippen LogP contribution in [0.25, 0.3) is 0 Å². The highest BCUT2D eigenvalue weighted by Crippen LogP contribution is 2.18. The van der Waals surface area contributed by atoms with Crippen molar-refractivity contribution in [3.05, 3.63) is 24.8 Å². The topological polar surface area (TPSA) is 46.6 Å². The zero-order valence-electron chi connectivity index (χ0n) is 11.3. The Kier molecular flexibility index (Phi) is 4.70. The Hall–Kier alpha value is -1.58. The highest BCUT2D eigenvalue weighted by molar-refractivity contribution is 5.93. The maximum atomic E-state index is 12.1. The summed E-state index contributed by atoms with van der Waals surface area (Å²) in [6.07, 6.45) is 5.67. The third-order valence-corrected chi connectivity index (χ3v) is 2.52. The van der Waals surface area contributed by atoms with Crippen LogP contribution in [0.3, 0.4) is 0 Å². The van der Waals surface area contributed by atoms with Crippen molar-refractivity contribution in [1.29, 1.82) is 0 Å². The van der Waals surface area contributed by atoms with Gasteiger partial charge in [-0.15, -0.1) is 6.58 Å². The lowest BCUT2D eigenvalue weighted by Crippen LogP contribution is -2.42. The summed E-state index contributed by atoms with van der Waals surface area (Å²) < 4.78 is 5.35. The van der Waals surface area contributed by atoms with Crippen molar-refractivity contribution in [2.75, 3.05) is 6.54 Å². The van der Waals surface area contributed by atoms with Gasteiger partial charge in [0.2, 0.25) is 0 Å². The Labute approximate surface area is 108 Å². The van der Waals surface area contributed by atoms with Gasteiger partial charge in [-0.1, -0.05) is 12.2 Å². The van der Waals surface area contributed by atoms with Crippen LogP contribution >= 0.6 is 0 Å². The Morgan fingerprint density at radius 1 is 1.61 bits per heavy atom. The van der Waals surface area contributed by atoms with Gasteiger partial charge >= 0.3 is 6.09 Å². The summed E-state index contributed by atoms with van der Waals surface area (Å²) in [6.45, 7) is 9.64. The molecular weight excluding hydrogens is 230 g/mol. The third-order valence-electron chi connectivity index (χ3n) is 2.52. The van der Waals surface area contributed by atoms with Crippen molar-refractivity contribution in [3.63, 3.8) is 0 Å². The van der Waals surface area contributed by atoms with E-state index < -0.39 is 5.60 Å². The molecule has 0 heterocycles. The average Bonchev–Trinajstić information content (AvgIpc) is 2.63. The summed E-state index contributed by atoms with van der Waals surface area (Å²) in [7, 11) is 0. The number of carbonyl (C=O) groups excluding carboxylic acids is 2. The van der Waals surface area contributed by atoms with Crippen molar-refractivity contribution < 1.29 is 14.3 Å². The SMILES string of the molecule is C=CCCN(C(=O)OC(C)(C)C)[C@H]1C=CC(=O)C1. The Balaban J connectivity index is 2.71. The van der Waals surface area contributed by atoms with Gasteiger partial charge < -0.3 is 9.64 Å². The van der Waals surface area contributed by atoms with Crippen molar-refractivity contribution in [2.24, 2.45) is 0 Å². The number of ketones is 1. The number of ether oxygens (including phenoxy) is 1. The van der Waals surface area contributed by atoms with Gasteiger partial charge in [-0.05, 0) is 33.3 Å². The third kappa shape index (κ3) is 4.35. The van der Waals surface area contributed by atoms with Crippen molar-refractivity contribution >= 4 is 11.9 Å². The van der Waals surface area contributed by atoms with E-state index in [2.05, 4.69) is 6.58 Å². The number of allylic oxidation sites excluding steroid dienone is 1. The van der Waals surface area contributed by atoms with Gasteiger partial charge in [0.05, 0.1) is 6.04 Å². The molecular formula is C14H21NO3. The average molecular weight is 251 g/mol. The first-order valence-electron chi connectivity index (χ1n) is 6.15. The molecule has 0 bridgehead atoms. The lowest BCUT2D eigenvalue weighted by Gasteiger charge is -2.30.